The minimum Gasteiger partial charge on any atom is -0.334 e. The molecular weight excluding hydrogens is 302 g/mol. The van der Waals surface area contributed by atoms with Crippen LogP contribution in [0.5, 0.6) is 0 Å². The van der Waals surface area contributed by atoms with Crippen LogP contribution in [0, 0.1) is 0 Å². The van der Waals surface area contributed by atoms with E-state index in [-0.39, 0.29) is 5.54 Å². The Kier molecular flexibility index (Phi) is 3.47. The van der Waals surface area contributed by atoms with Gasteiger partial charge in [-0.05, 0) is 37.0 Å². The maximum atomic E-state index is 6.23. The highest BCUT2D eigenvalue weighted by Gasteiger charge is 2.39. The lowest BCUT2D eigenvalue weighted by molar-refractivity contribution is 0.229. The molecule has 1 aromatic heterocycles. The molecule has 4 nitrogen and oxygen atoms in total. The first kappa shape index (κ1) is 13.7. The summed E-state index contributed by atoms with van der Waals surface area (Å²) in [4.78, 5) is 4.49. The fourth-order valence-corrected chi connectivity index (χ4v) is 5.52. The molecule has 1 saturated carbocycles. The van der Waals surface area contributed by atoms with Gasteiger partial charge in [0.2, 0.25) is 0 Å². The van der Waals surface area contributed by atoms with Crippen LogP contribution in [0.15, 0.2) is 28.8 Å². The molecular formula is C15H17N3OS2. The normalized spacial score (nSPS) is 21.4. The summed E-state index contributed by atoms with van der Waals surface area (Å²) in [6, 6.07) is 8.46. The molecule has 1 aromatic carbocycles. The lowest BCUT2D eigenvalue weighted by Gasteiger charge is -2.34. The molecule has 2 heterocycles. The van der Waals surface area contributed by atoms with Gasteiger partial charge in [-0.1, -0.05) is 17.3 Å². The first-order chi connectivity index (χ1) is 10.2. The van der Waals surface area contributed by atoms with Gasteiger partial charge in [0.15, 0.2) is 5.82 Å². The van der Waals surface area contributed by atoms with Crippen molar-refractivity contribution in [3.05, 3.63) is 35.7 Å². The second-order valence-corrected chi connectivity index (χ2v) is 8.35. The SMILES string of the molecule is NC1(c2noc(-c3ccc(C4SCCS4)cc3)n2)CCC1. The number of thioether (sulfide) groups is 2. The van der Waals surface area contributed by atoms with Crippen LogP contribution >= 0.6 is 23.5 Å². The van der Waals surface area contributed by atoms with Crippen molar-refractivity contribution >= 4 is 23.5 Å². The Bertz CT molecular complexity index is 631. The summed E-state index contributed by atoms with van der Waals surface area (Å²) in [6.45, 7) is 0. The molecule has 0 spiro atoms. The summed E-state index contributed by atoms with van der Waals surface area (Å²) in [5, 5.41) is 4.07. The highest BCUT2D eigenvalue weighted by atomic mass is 32.2. The topological polar surface area (TPSA) is 64.9 Å². The van der Waals surface area contributed by atoms with Crippen molar-refractivity contribution in [2.24, 2.45) is 5.73 Å². The summed E-state index contributed by atoms with van der Waals surface area (Å²) in [5.74, 6) is 3.69. The van der Waals surface area contributed by atoms with Crippen molar-refractivity contribution in [3.8, 4) is 11.5 Å². The molecule has 6 heteroatoms. The third-order valence-electron chi connectivity index (χ3n) is 4.17. The van der Waals surface area contributed by atoms with Crippen LogP contribution in [0.1, 0.15) is 35.2 Å². The van der Waals surface area contributed by atoms with Gasteiger partial charge in [-0.25, -0.2) is 0 Å². The standard InChI is InChI=1S/C15H17N3OS2/c16-15(6-1-7-15)14-17-12(19-18-14)10-2-4-11(5-3-10)13-20-8-9-21-13/h2-5,13H,1,6-9,16H2. The molecule has 0 amide bonds. The van der Waals surface area contributed by atoms with Crippen LogP contribution in [0.4, 0.5) is 0 Å². The van der Waals surface area contributed by atoms with E-state index in [0.717, 1.165) is 24.8 Å². The van der Waals surface area contributed by atoms with Gasteiger partial charge in [0.25, 0.3) is 5.89 Å². The van der Waals surface area contributed by atoms with Gasteiger partial charge in [0.05, 0.1) is 10.1 Å². The first-order valence-electron chi connectivity index (χ1n) is 7.21. The Morgan fingerprint density at radius 2 is 1.86 bits per heavy atom. The number of hydrogen-bond acceptors (Lipinski definition) is 6. The zero-order chi connectivity index (χ0) is 14.3. The van der Waals surface area contributed by atoms with Crippen LogP contribution < -0.4 is 5.73 Å². The van der Waals surface area contributed by atoms with Crippen molar-refractivity contribution in [2.45, 2.75) is 29.4 Å². The van der Waals surface area contributed by atoms with E-state index in [2.05, 4.69) is 34.4 Å². The number of nitrogens with two attached hydrogens (primary N) is 1. The average molecular weight is 319 g/mol. The maximum absolute atomic E-state index is 6.23. The van der Waals surface area contributed by atoms with Crippen molar-refractivity contribution < 1.29 is 4.52 Å². The number of hydrogen-bond donors (Lipinski definition) is 1. The Morgan fingerprint density at radius 1 is 1.14 bits per heavy atom. The van der Waals surface area contributed by atoms with E-state index in [1.54, 1.807) is 0 Å². The third kappa shape index (κ3) is 2.49. The summed E-state index contributed by atoms with van der Waals surface area (Å²) in [5.41, 5.74) is 8.20. The summed E-state index contributed by atoms with van der Waals surface area (Å²) in [6.07, 6.45) is 3.04. The molecule has 2 aromatic rings. The minimum atomic E-state index is -0.362. The second kappa shape index (κ2) is 5.34. The van der Waals surface area contributed by atoms with Crippen LogP contribution in [0.3, 0.4) is 0 Å². The van der Waals surface area contributed by atoms with Crippen LogP contribution in [0.25, 0.3) is 11.5 Å². The van der Waals surface area contributed by atoms with E-state index in [4.69, 9.17) is 10.3 Å². The Balaban J connectivity index is 1.56. The molecule has 0 radical (unpaired) electrons. The lowest BCUT2D eigenvalue weighted by atomic mass is 9.77. The maximum Gasteiger partial charge on any atom is 0.257 e. The van der Waals surface area contributed by atoms with Crippen molar-refractivity contribution in [1.82, 2.24) is 10.1 Å². The summed E-state index contributed by atoms with van der Waals surface area (Å²) in [7, 11) is 0. The van der Waals surface area contributed by atoms with Gasteiger partial charge in [0.1, 0.15) is 0 Å². The predicted octanol–water partition coefficient (Wildman–Crippen LogP) is 3.55. The van der Waals surface area contributed by atoms with Gasteiger partial charge in [-0.3, -0.25) is 0 Å². The van der Waals surface area contributed by atoms with Gasteiger partial charge >= 0.3 is 0 Å². The second-order valence-electron chi connectivity index (χ2n) is 5.63. The van der Waals surface area contributed by atoms with Crippen molar-refractivity contribution in [2.75, 3.05) is 11.5 Å². The first-order valence-corrected chi connectivity index (χ1v) is 9.31. The Hall–Kier alpha value is -0.980. The van der Waals surface area contributed by atoms with E-state index in [1.165, 1.54) is 17.1 Å². The molecule has 21 heavy (non-hydrogen) atoms. The molecule has 0 atom stereocenters. The number of benzene rings is 1. The highest BCUT2D eigenvalue weighted by Crippen LogP contribution is 2.45. The van der Waals surface area contributed by atoms with Crippen LogP contribution in [0.2, 0.25) is 0 Å². The molecule has 4 rings (SSSR count). The fourth-order valence-electron chi connectivity index (χ4n) is 2.66. The number of aromatic nitrogens is 2. The molecule has 2 fully saturated rings. The molecule has 0 unspecified atom stereocenters. The molecule has 1 aliphatic heterocycles. The largest absolute Gasteiger partial charge is 0.334 e. The molecule has 2 aliphatic rings. The van der Waals surface area contributed by atoms with E-state index in [9.17, 15) is 0 Å². The Morgan fingerprint density at radius 3 is 2.48 bits per heavy atom. The quantitative estimate of drug-likeness (QED) is 0.933. The van der Waals surface area contributed by atoms with Crippen molar-refractivity contribution in [1.29, 1.82) is 0 Å². The molecule has 0 bridgehead atoms. The predicted molar refractivity (Wildman–Crippen MR) is 87.1 cm³/mol. The monoisotopic (exact) mass is 319 g/mol. The zero-order valence-electron chi connectivity index (χ0n) is 11.6. The highest BCUT2D eigenvalue weighted by molar-refractivity contribution is 8.19. The minimum absolute atomic E-state index is 0.362. The van der Waals surface area contributed by atoms with E-state index < -0.39 is 0 Å². The van der Waals surface area contributed by atoms with Crippen LogP contribution in [-0.2, 0) is 5.54 Å². The van der Waals surface area contributed by atoms with E-state index in [0.29, 0.717) is 16.3 Å². The van der Waals surface area contributed by atoms with Gasteiger partial charge in [-0.15, -0.1) is 23.5 Å². The summed E-state index contributed by atoms with van der Waals surface area (Å²) >= 11 is 4.02. The van der Waals surface area contributed by atoms with Gasteiger partial charge in [0, 0.05) is 17.1 Å². The van der Waals surface area contributed by atoms with Gasteiger partial charge in [-0.2, -0.15) is 4.98 Å². The van der Waals surface area contributed by atoms with Crippen LogP contribution in [-0.4, -0.2) is 21.6 Å². The molecule has 2 N–H and O–H groups in total. The summed E-state index contributed by atoms with van der Waals surface area (Å²) < 4.78 is 5.96. The van der Waals surface area contributed by atoms with E-state index >= 15 is 0 Å². The van der Waals surface area contributed by atoms with Crippen molar-refractivity contribution in [3.63, 3.8) is 0 Å². The number of nitrogens with zero attached hydrogens (tertiary/aromatic N) is 2. The zero-order valence-corrected chi connectivity index (χ0v) is 13.3. The number of rotatable bonds is 3. The fraction of sp³-hybridized carbons (Fsp3) is 0.467. The smallest absolute Gasteiger partial charge is 0.257 e. The molecule has 1 saturated heterocycles. The third-order valence-corrected chi connectivity index (χ3v) is 7.27. The van der Waals surface area contributed by atoms with Gasteiger partial charge < -0.3 is 10.3 Å². The Labute approximate surface area is 132 Å². The average Bonchev–Trinajstić information content (AvgIpc) is 3.16. The van der Waals surface area contributed by atoms with E-state index in [1.807, 2.05) is 23.5 Å². The molecule has 1 aliphatic carbocycles. The lowest BCUT2D eigenvalue weighted by Crippen LogP contribution is -2.44. The molecule has 110 valence electrons.